The highest BCUT2D eigenvalue weighted by atomic mass is 35.5. The largest absolute Gasteiger partial charge is 0.354 e. The highest BCUT2D eigenvalue weighted by Crippen LogP contribution is 2.30. The number of hydrogen-bond donors (Lipinski definition) is 2. The molecule has 0 aliphatic heterocycles. The van der Waals surface area contributed by atoms with E-state index in [-0.39, 0.29) is 11.6 Å². The van der Waals surface area contributed by atoms with E-state index in [4.69, 9.17) is 27.7 Å². The number of benzene rings is 2. The van der Waals surface area contributed by atoms with E-state index in [1.54, 1.807) is 41.8 Å². The first kappa shape index (κ1) is 18.5. The maximum absolute atomic E-state index is 12.3. The van der Waals surface area contributed by atoms with Crippen molar-refractivity contribution in [3.05, 3.63) is 75.7 Å². The second kappa shape index (κ2) is 8.02. The van der Waals surface area contributed by atoms with Crippen LogP contribution in [0, 0.1) is 0 Å². The van der Waals surface area contributed by atoms with Gasteiger partial charge in [-0.1, -0.05) is 46.6 Å². The van der Waals surface area contributed by atoms with Crippen LogP contribution in [0.1, 0.15) is 10.5 Å². The summed E-state index contributed by atoms with van der Waals surface area (Å²) in [5.74, 6) is 0.0370. The molecule has 0 unspecified atom stereocenters. The van der Waals surface area contributed by atoms with E-state index in [1.165, 1.54) is 11.3 Å². The molecule has 0 spiro atoms. The summed E-state index contributed by atoms with van der Waals surface area (Å²) in [4.78, 5) is 16.7. The topological polar surface area (TPSA) is 80.0 Å². The predicted octanol–water partition coefficient (Wildman–Crippen LogP) is 6.10. The summed E-state index contributed by atoms with van der Waals surface area (Å²) in [5, 5.41) is 13.2. The van der Waals surface area contributed by atoms with Crippen molar-refractivity contribution >= 4 is 57.0 Å². The van der Waals surface area contributed by atoms with Gasteiger partial charge in [-0.3, -0.25) is 4.79 Å². The van der Waals surface area contributed by atoms with Gasteiger partial charge in [0.25, 0.3) is 5.91 Å². The minimum Gasteiger partial charge on any atom is -0.354 e. The summed E-state index contributed by atoms with van der Waals surface area (Å²) in [6.07, 6.45) is 0. The Morgan fingerprint density at radius 2 is 1.75 bits per heavy atom. The fraction of sp³-hybridized carbons (Fsp3) is 0. The number of carbonyl (C=O) groups excluding carboxylic acids is 1. The molecule has 0 atom stereocenters. The quantitative estimate of drug-likeness (QED) is 0.399. The molecule has 0 aliphatic rings. The minimum absolute atomic E-state index is 0.169. The van der Waals surface area contributed by atoms with E-state index < -0.39 is 0 Å². The summed E-state index contributed by atoms with van der Waals surface area (Å²) in [7, 11) is 0. The number of carbonyl (C=O) groups is 1. The standard InChI is InChI=1S/C19H12Cl2N4O2S/c20-11-6-12(21)8-14(7-11)23-19-24-16(10-28-19)17-9-15(25-27-17)18(26)22-13-4-2-1-3-5-13/h1-10H,(H,22,26)(H,23,24). The Balaban J connectivity index is 1.48. The van der Waals surface area contributed by atoms with Crippen LogP contribution in [-0.4, -0.2) is 16.0 Å². The number of rotatable bonds is 5. The van der Waals surface area contributed by atoms with Gasteiger partial charge in [0.2, 0.25) is 0 Å². The molecule has 0 saturated heterocycles. The van der Waals surface area contributed by atoms with Gasteiger partial charge in [0, 0.05) is 32.9 Å². The smallest absolute Gasteiger partial charge is 0.277 e. The molecule has 9 heteroatoms. The van der Waals surface area contributed by atoms with Gasteiger partial charge in [0.15, 0.2) is 16.6 Å². The van der Waals surface area contributed by atoms with Crippen molar-refractivity contribution < 1.29 is 9.32 Å². The van der Waals surface area contributed by atoms with Crippen molar-refractivity contribution in [1.29, 1.82) is 0 Å². The highest BCUT2D eigenvalue weighted by molar-refractivity contribution is 7.14. The van der Waals surface area contributed by atoms with Crippen LogP contribution in [0.4, 0.5) is 16.5 Å². The average Bonchev–Trinajstić information content (AvgIpc) is 3.31. The second-order valence-electron chi connectivity index (χ2n) is 5.72. The predicted molar refractivity (Wildman–Crippen MR) is 112 cm³/mol. The van der Waals surface area contributed by atoms with Crippen molar-refractivity contribution in [1.82, 2.24) is 10.1 Å². The fourth-order valence-corrected chi connectivity index (χ4v) is 3.66. The number of thiazole rings is 1. The molecule has 0 fully saturated rings. The molecule has 0 bridgehead atoms. The monoisotopic (exact) mass is 430 g/mol. The van der Waals surface area contributed by atoms with Gasteiger partial charge in [-0.15, -0.1) is 11.3 Å². The summed E-state index contributed by atoms with van der Waals surface area (Å²) >= 11 is 13.4. The maximum atomic E-state index is 12.3. The molecular weight excluding hydrogens is 419 g/mol. The van der Waals surface area contributed by atoms with Gasteiger partial charge in [-0.05, 0) is 30.3 Å². The molecule has 0 aliphatic carbocycles. The minimum atomic E-state index is -0.358. The molecule has 2 aromatic carbocycles. The van der Waals surface area contributed by atoms with Crippen LogP contribution in [0.2, 0.25) is 10.0 Å². The Kier molecular flexibility index (Phi) is 5.29. The molecule has 2 heterocycles. The van der Waals surface area contributed by atoms with Crippen LogP contribution in [-0.2, 0) is 0 Å². The van der Waals surface area contributed by atoms with Gasteiger partial charge in [-0.2, -0.15) is 0 Å². The van der Waals surface area contributed by atoms with Crippen LogP contribution < -0.4 is 10.6 Å². The third-order valence-corrected chi connectivity index (χ3v) is 4.84. The van der Waals surface area contributed by atoms with Crippen molar-refractivity contribution in [3.8, 4) is 11.5 Å². The van der Waals surface area contributed by atoms with Gasteiger partial charge in [0.05, 0.1) is 0 Å². The van der Waals surface area contributed by atoms with E-state index in [1.807, 2.05) is 18.2 Å². The van der Waals surface area contributed by atoms with Gasteiger partial charge in [-0.25, -0.2) is 4.98 Å². The normalized spacial score (nSPS) is 10.6. The van der Waals surface area contributed by atoms with E-state index in [9.17, 15) is 4.79 Å². The molecule has 0 saturated carbocycles. The number of halogens is 2. The number of amides is 1. The second-order valence-corrected chi connectivity index (χ2v) is 7.45. The van der Waals surface area contributed by atoms with Crippen molar-refractivity contribution in [3.63, 3.8) is 0 Å². The summed E-state index contributed by atoms with van der Waals surface area (Å²) in [5.41, 5.74) is 2.13. The van der Waals surface area contributed by atoms with Crippen LogP contribution in [0.15, 0.2) is 64.5 Å². The fourth-order valence-electron chi connectivity index (χ4n) is 2.41. The van der Waals surface area contributed by atoms with Gasteiger partial charge in [0.1, 0.15) is 5.69 Å². The first-order chi connectivity index (χ1) is 13.6. The zero-order valence-electron chi connectivity index (χ0n) is 14.1. The Morgan fingerprint density at radius 1 is 1.00 bits per heavy atom. The number of hydrogen-bond acceptors (Lipinski definition) is 6. The highest BCUT2D eigenvalue weighted by Gasteiger charge is 2.16. The Hall–Kier alpha value is -2.87. The summed E-state index contributed by atoms with van der Waals surface area (Å²) < 4.78 is 5.27. The first-order valence-corrected chi connectivity index (χ1v) is 9.72. The van der Waals surface area contributed by atoms with Crippen LogP contribution in [0.3, 0.4) is 0 Å². The lowest BCUT2D eigenvalue weighted by molar-refractivity contribution is 0.101. The lowest BCUT2D eigenvalue weighted by Crippen LogP contribution is -2.11. The molecule has 140 valence electrons. The number of nitrogens with one attached hydrogen (secondary N) is 2. The van der Waals surface area contributed by atoms with E-state index >= 15 is 0 Å². The molecule has 28 heavy (non-hydrogen) atoms. The zero-order valence-corrected chi connectivity index (χ0v) is 16.5. The number of nitrogens with zero attached hydrogens (tertiary/aromatic N) is 2. The van der Waals surface area contributed by atoms with Gasteiger partial charge >= 0.3 is 0 Å². The van der Waals surface area contributed by atoms with Crippen LogP contribution >= 0.6 is 34.5 Å². The Labute approximate surface area is 174 Å². The third-order valence-electron chi connectivity index (χ3n) is 3.64. The van der Waals surface area contributed by atoms with Crippen molar-refractivity contribution in [2.24, 2.45) is 0 Å². The Morgan fingerprint density at radius 3 is 2.50 bits per heavy atom. The molecule has 4 rings (SSSR count). The van der Waals surface area contributed by atoms with Gasteiger partial charge < -0.3 is 15.2 Å². The molecule has 4 aromatic rings. The SMILES string of the molecule is O=C(Nc1ccccc1)c1cc(-c2csc(Nc3cc(Cl)cc(Cl)c3)n2)on1. The third kappa shape index (κ3) is 4.33. The molecule has 0 radical (unpaired) electrons. The van der Waals surface area contributed by atoms with E-state index in [0.29, 0.717) is 32.3 Å². The lowest BCUT2D eigenvalue weighted by atomic mass is 10.3. The van der Waals surface area contributed by atoms with Crippen molar-refractivity contribution in [2.45, 2.75) is 0 Å². The molecule has 1 amide bonds. The first-order valence-electron chi connectivity index (χ1n) is 8.09. The number of para-hydroxylation sites is 1. The Bertz CT molecular complexity index is 1110. The average molecular weight is 431 g/mol. The van der Waals surface area contributed by atoms with E-state index in [0.717, 1.165) is 5.69 Å². The summed E-state index contributed by atoms with van der Waals surface area (Å²) in [6, 6.07) is 15.8. The molecule has 6 nitrogen and oxygen atoms in total. The maximum Gasteiger partial charge on any atom is 0.277 e. The van der Waals surface area contributed by atoms with E-state index in [2.05, 4.69) is 20.8 Å². The molecule has 2 aromatic heterocycles. The number of anilines is 3. The van der Waals surface area contributed by atoms with Crippen molar-refractivity contribution in [2.75, 3.05) is 10.6 Å². The summed E-state index contributed by atoms with van der Waals surface area (Å²) in [6.45, 7) is 0. The lowest BCUT2D eigenvalue weighted by Gasteiger charge is -2.03. The van der Waals surface area contributed by atoms with Crippen LogP contribution in [0.25, 0.3) is 11.5 Å². The zero-order chi connectivity index (χ0) is 19.5. The number of aromatic nitrogens is 2. The molecule has 2 N–H and O–H groups in total. The van der Waals surface area contributed by atoms with Crippen LogP contribution in [0.5, 0.6) is 0 Å². The molecular formula is C19H12Cl2N4O2S.